The van der Waals surface area contributed by atoms with Crippen molar-refractivity contribution in [1.82, 2.24) is 4.98 Å². The normalized spacial score (nSPS) is 12.3. The second-order valence-corrected chi connectivity index (χ2v) is 4.80. The van der Waals surface area contributed by atoms with E-state index in [4.69, 9.17) is 9.68 Å². The first-order chi connectivity index (χ1) is 8.73. The molecule has 10 heteroatoms. The number of pyridine rings is 1. The summed E-state index contributed by atoms with van der Waals surface area (Å²) in [5, 5.41) is 8.89. The van der Waals surface area contributed by atoms with E-state index in [-0.39, 0.29) is 11.3 Å². The summed E-state index contributed by atoms with van der Waals surface area (Å²) < 4.78 is 66.5. The highest BCUT2D eigenvalue weighted by molar-refractivity contribution is 7.87. The van der Waals surface area contributed by atoms with E-state index in [1.54, 1.807) is 6.07 Å². The van der Waals surface area contributed by atoms with Crippen LogP contribution in [0.5, 0.6) is 5.88 Å². The molecule has 0 aliphatic heterocycles. The first kappa shape index (κ1) is 13.2. The summed E-state index contributed by atoms with van der Waals surface area (Å²) >= 11 is 0. The summed E-state index contributed by atoms with van der Waals surface area (Å²) in [6, 6.07) is 3.82. The van der Waals surface area contributed by atoms with Crippen molar-refractivity contribution in [2.24, 2.45) is 0 Å². The average Bonchev–Trinajstić information content (AvgIpc) is 2.69. The first-order valence-electron chi connectivity index (χ1n) is 4.53. The van der Waals surface area contributed by atoms with Gasteiger partial charge in [-0.25, -0.2) is 4.98 Å². The Kier molecular flexibility index (Phi) is 2.86. The van der Waals surface area contributed by atoms with Gasteiger partial charge in [-0.3, -0.25) is 0 Å². The SMILES string of the molecule is N#Cc1cc2cnc(OS(=O)(=O)C(F)(F)F)cc2o1. The molecule has 0 atom stereocenters. The van der Waals surface area contributed by atoms with Gasteiger partial charge in [0.1, 0.15) is 11.7 Å². The van der Waals surface area contributed by atoms with Gasteiger partial charge in [0, 0.05) is 23.7 Å². The molecule has 6 nitrogen and oxygen atoms in total. The van der Waals surface area contributed by atoms with Gasteiger partial charge in [-0.2, -0.15) is 26.9 Å². The van der Waals surface area contributed by atoms with Gasteiger partial charge < -0.3 is 8.60 Å². The lowest BCUT2D eigenvalue weighted by Crippen LogP contribution is -2.28. The Hall–Kier alpha value is -2.28. The highest BCUT2D eigenvalue weighted by Gasteiger charge is 2.48. The monoisotopic (exact) mass is 292 g/mol. The molecule has 0 aliphatic rings. The van der Waals surface area contributed by atoms with Crippen LogP contribution in [0.1, 0.15) is 5.76 Å². The van der Waals surface area contributed by atoms with E-state index in [2.05, 4.69) is 9.17 Å². The van der Waals surface area contributed by atoms with Crippen LogP contribution in [0.3, 0.4) is 0 Å². The molecular weight excluding hydrogens is 289 g/mol. The minimum absolute atomic E-state index is 0.0149. The summed E-state index contributed by atoms with van der Waals surface area (Å²) in [6.45, 7) is 0. The van der Waals surface area contributed by atoms with Crippen LogP contribution in [0.4, 0.5) is 13.2 Å². The van der Waals surface area contributed by atoms with E-state index in [1.165, 1.54) is 6.07 Å². The van der Waals surface area contributed by atoms with Gasteiger partial charge in [0.15, 0.2) is 0 Å². The Labute approximate surface area is 104 Å². The molecule has 0 saturated heterocycles. The molecule has 0 spiro atoms. The van der Waals surface area contributed by atoms with Crippen LogP contribution in [0.25, 0.3) is 11.0 Å². The zero-order chi connectivity index (χ0) is 14.3. The smallest absolute Gasteiger partial charge is 0.445 e. The van der Waals surface area contributed by atoms with Crippen LogP contribution in [0.15, 0.2) is 22.7 Å². The average molecular weight is 292 g/mol. The predicted octanol–water partition coefficient (Wildman–Crippen LogP) is 1.93. The van der Waals surface area contributed by atoms with Crippen molar-refractivity contribution in [2.45, 2.75) is 5.51 Å². The quantitative estimate of drug-likeness (QED) is 0.620. The van der Waals surface area contributed by atoms with E-state index in [0.717, 1.165) is 12.3 Å². The zero-order valence-corrected chi connectivity index (χ0v) is 9.62. The van der Waals surface area contributed by atoms with Gasteiger partial charge in [-0.1, -0.05) is 0 Å². The van der Waals surface area contributed by atoms with E-state index in [1.807, 2.05) is 0 Å². The van der Waals surface area contributed by atoms with Gasteiger partial charge in [-0.05, 0) is 0 Å². The summed E-state index contributed by atoms with van der Waals surface area (Å²) in [7, 11) is -5.79. The maximum atomic E-state index is 12.1. The molecule has 100 valence electrons. The Morgan fingerprint density at radius 3 is 2.63 bits per heavy atom. The van der Waals surface area contributed by atoms with Crippen molar-refractivity contribution < 1.29 is 30.2 Å². The lowest BCUT2D eigenvalue weighted by atomic mass is 10.3. The Morgan fingerprint density at radius 1 is 1.37 bits per heavy atom. The molecule has 0 fully saturated rings. The molecule has 0 radical (unpaired) electrons. The molecule has 2 aromatic heterocycles. The maximum absolute atomic E-state index is 12.1. The summed E-state index contributed by atoms with van der Waals surface area (Å²) in [6.07, 6.45) is 1.03. The van der Waals surface area contributed by atoms with E-state index in [9.17, 15) is 21.6 Å². The fourth-order valence-corrected chi connectivity index (χ4v) is 1.59. The van der Waals surface area contributed by atoms with Crippen molar-refractivity contribution >= 4 is 21.1 Å². The van der Waals surface area contributed by atoms with Crippen LogP contribution in [-0.2, 0) is 10.1 Å². The molecule has 0 unspecified atom stereocenters. The molecular formula is C9H3F3N2O4S. The molecule has 0 bridgehead atoms. The third-order valence-corrected chi connectivity index (χ3v) is 2.92. The molecule has 0 aromatic carbocycles. The highest BCUT2D eigenvalue weighted by atomic mass is 32.2. The lowest BCUT2D eigenvalue weighted by Gasteiger charge is -2.07. The fourth-order valence-electron chi connectivity index (χ4n) is 1.18. The lowest BCUT2D eigenvalue weighted by molar-refractivity contribution is -0.0501. The number of furan rings is 1. The number of hydrogen-bond donors (Lipinski definition) is 0. The number of aromatic nitrogens is 1. The van der Waals surface area contributed by atoms with E-state index < -0.39 is 21.5 Å². The van der Waals surface area contributed by atoms with Crippen LogP contribution >= 0.6 is 0 Å². The van der Waals surface area contributed by atoms with Gasteiger partial charge in [0.05, 0.1) is 0 Å². The third kappa shape index (κ3) is 2.45. The summed E-state index contributed by atoms with van der Waals surface area (Å²) in [5.41, 5.74) is -5.57. The Morgan fingerprint density at radius 2 is 2.05 bits per heavy atom. The Balaban J connectivity index is 2.40. The number of nitrogens with zero attached hydrogens (tertiary/aromatic N) is 2. The van der Waals surface area contributed by atoms with Crippen molar-refractivity contribution in [2.75, 3.05) is 0 Å². The van der Waals surface area contributed by atoms with Crippen LogP contribution in [0.2, 0.25) is 0 Å². The van der Waals surface area contributed by atoms with Crippen LogP contribution < -0.4 is 4.18 Å². The van der Waals surface area contributed by atoms with Crippen molar-refractivity contribution in [3.8, 4) is 11.9 Å². The molecule has 0 saturated carbocycles. The van der Waals surface area contributed by atoms with Crippen molar-refractivity contribution in [3.05, 3.63) is 24.1 Å². The summed E-state index contributed by atoms with van der Waals surface area (Å²) in [5.74, 6) is -0.892. The third-order valence-electron chi connectivity index (χ3n) is 1.97. The number of halogens is 3. The molecule has 0 N–H and O–H groups in total. The van der Waals surface area contributed by atoms with Crippen molar-refractivity contribution in [1.29, 1.82) is 5.26 Å². The minimum Gasteiger partial charge on any atom is -0.445 e. The summed E-state index contributed by atoms with van der Waals surface area (Å²) in [4.78, 5) is 3.38. The minimum atomic E-state index is -5.79. The second-order valence-electron chi connectivity index (χ2n) is 3.27. The largest absolute Gasteiger partial charge is 0.534 e. The first-order valence-corrected chi connectivity index (χ1v) is 5.94. The van der Waals surface area contributed by atoms with Gasteiger partial charge >= 0.3 is 15.6 Å². The molecule has 2 rings (SSSR count). The van der Waals surface area contributed by atoms with Gasteiger partial charge in [-0.15, -0.1) is 0 Å². The number of rotatable bonds is 2. The van der Waals surface area contributed by atoms with Gasteiger partial charge in [0.25, 0.3) is 0 Å². The number of alkyl halides is 3. The molecule has 2 heterocycles. The topological polar surface area (TPSA) is 93.2 Å². The molecule has 0 aliphatic carbocycles. The standard InChI is InChI=1S/C9H3F3N2O4S/c10-9(11,12)19(15,16)18-8-2-7-5(4-14-8)1-6(3-13)17-7/h1-2,4H. The zero-order valence-electron chi connectivity index (χ0n) is 8.80. The van der Waals surface area contributed by atoms with Gasteiger partial charge in [0.2, 0.25) is 11.6 Å². The fraction of sp³-hybridized carbons (Fsp3) is 0.111. The Bertz CT molecular complexity index is 773. The van der Waals surface area contributed by atoms with E-state index in [0.29, 0.717) is 5.39 Å². The van der Waals surface area contributed by atoms with Crippen molar-refractivity contribution in [3.63, 3.8) is 0 Å². The molecule has 2 aromatic rings. The number of fused-ring (bicyclic) bond motifs is 1. The molecule has 0 amide bonds. The maximum Gasteiger partial charge on any atom is 0.534 e. The number of nitriles is 1. The molecule has 19 heavy (non-hydrogen) atoms. The predicted molar refractivity (Wildman–Crippen MR) is 54.3 cm³/mol. The highest BCUT2D eigenvalue weighted by Crippen LogP contribution is 2.28. The van der Waals surface area contributed by atoms with E-state index >= 15 is 0 Å². The number of hydrogen-bond acceptors (Lipinski definition) is 6. The second kappa shape index (κ2) is 4.13. The van der Waals surface area contributed by atoms with Crippen LogP contribution in [-0.4, -0.2) is 18.9 Å². The van der Waals surface area contributed by atoms with Crippen LogP contribution in [0, 0.1) is 11.3 Å².